The Balaban J connectivity index is 1.44. The van der Waals surface area contributed by atoms with Crippen LogP contribution in [0.5, 0.6) is 0 Å². The Morgan fingerprint density at radius 2 is 1.05 bits per heavy atom. The Bertz CT molecular complexity index is 2200. The first-order valence-corrected chi connectivity index (χ1v) is 14.2. The predicted octanol–water partition coefficient (Wildman–Crippen LogP) is 11.0. The molecule has 2 aliphatic rings. The molecule has 0 saturated carbocycles. The molecule has 0 N–H and O–H groups in total. The molecular weight excluding hydrogens is 480 g/mol. The van der Waals surface area contributed by atoms with Gasteiger partial charge in [-0.3, -0.25) is 0 Å². The van der Waals surface area contributed by atoms with E-state index >= 15 is 0 Å². The highest BCUT2D eigenvalue weighted by molar-refractivity contribution is 6.24. The van der Waals surface area contributed by atoms with Crippen LogP contribution < -0.4 is 0 Å². The monoisotopic (exact) mass is 506 g/mol. The molecule has 0 atom stereocenters. The molecular formula is C40H26. The fourth-order valence-electron chi connectivity index (χ4n) is 7.42. The van der Waals surface area contributed by atoms with Crippen molar-refractivity contribution in [1.82, 2.24) is 0 Å². The van der Waals surface area contributed by atoms with Crippen LogP contribution in [-0.2, 0) is 6.42 Å². The van der Waals surface area contributed by atoms with Crippen LogP contribution in [0, 0.1) is 0 Å². The molecule has 2 aliphatic carbocycles. The lowest BCUT2D eigenvalue weighted by Crippen LogP contribution is -2.05. The molecule has 186 valence electrons. The molecule has 0 aromatic heterocycles. The van der Waals surface area contributed by atoms with Gasteiger partial charge in [0.2, 0.25) is 0 Å². The van der Waals surface area contributed by atoms with E-state index in [0.717, 1.165) is 12.8 Å². The molecule has 0 saturated heterocycles. The molecule has 0 radical (unpaired) electrons. The van der Waals surface area contributed by atoms with E-state index in [1.165, 1.54) is 87.6 Å². The Kier molecular flexibility index (Phi) is 4.54. The second-order valence-electron chi connectivity index (χ2n) is 11.1. The van der Waals surface area contributed by atoms with Gasteiger partial charge in [0.25, 0.3) is 0 Å². The largest absolute Gasteiger partial charge is 0.0795 e. The van der Waals surface area contributed by atoms with Gasteiger partial charge in [-0.2, -0.15) is 0 Å². The molecule has 40 heavy (non-hydrogen) atoms. The van der Waals surface area contributed by atoms with Gasteiger partial charge in [0.05, 0.1) is 0 Å². The summed E-state index contributed by atoms with van der Waals surface area (Å²) >= 11 is 0. The quantitative estimate of drug-likeness (QED) is 0.205. The van der Waals surface area contributed by atoms with Gasteiger partial charge in [-0.05, 0) is 100 Å². The lowest BCUT2D eigenvalue weighted by Gasteiger charge is -2.26. The smallest absolute Gasteiger partial charge is 0.00201 e. The normalized spacial score (nSPS) is 13.8. The average molecular weight is 507 g/mol. The zero-order chi connectivity index (χ0) is 26.2. The minimum absolute atomic E-state index is 0.972. The van der Waals surface area contributed by atoms with Gasteiger partial charge >= 0.3 is 0 Å². The van der Waals surface area contributed by atoms with Crippen LogP contribution in [0.25, 0.3) is 77.0 Å². The average Bonchev–Trinajstić information content (AvgIpc) is 3.02. The third kappa shape index (κ3) is 2.96. The predicted molar refractivity (Wildman–Crippen MR) is 173 cm³/mol. The maximum absolute atomic E-state index is 2.47. The van der Waals surface area contributed by atoms with Crippen molar-refractivity contribution >= 4 is 54.7 Å². The van der Waals surface area contributed by atoms with Crippen LogP contribution in [0.4, 0.5) is 0 Å². The topological polar surface area (TPSA) is 0 Å². The SMILES string of the molecule is C1=Cc2ccc3ccc(-c4c5ccccc5c(-c5cccc6ccccc56)c5ccccc45)c4c3c2C(=CC4)C1. The molecule has 7 aromatic rings. The molecule has 0 aliphatic heterocycles. The van der Waals surface area contributed by atoms with Crippen molar-refractivity contribution in [3.05, 3.63) is 144 Å². The van der Waals surface area contributed by atoms with Crippen molar-refractivity contribution in [2.45, 2.75) is 12.8 Å². The number of hydrogen-bond donors (Lipinski definition) is 0. The van der Waals surface area contributed by atoms with Crippen molar-refractivity contribution in [3.8, 4) is 22.3 Å². The van der Waals surface area contributed by atoms with E-state index in [0.29, 0.717) is 0 Å². The fraction of sp³-hybridized carbons (Fsp3) is 0.0500. The Labute approximate surface area is 233 Å². The molecule has 7 aromatic carbocycles. The maximum atomic E-state index is 2.47. The summed E-state index contributed by atoms with van der Waals surface area (Å²) in [6.07, 6.45) is 9.09. The van der Waals surface area contributed by atoms with Crippen LogP contribution >= 0.6 is 0 Å². The first-order chi connectivity index (χ1) is 19.9. The van der Waals surface area contributed by atoms with Gasteiger partial charge in [0.1, 0.15) is 0 Å². The summed E-state index contributed by atoms with van der Waals surface area (Å²) < 4.78 is 0. The van der Waals surface area contributed by atoms with Crippen molar-refractivity contribution in [3.63, 3.8) is 0 Å². The van der Waals surface area contributed by atoms with E-state index in [1.54, 1.807) is 0 Å². The van der Waals surface area contributed by atoms with Crippen molar-refractivity contribution < 1.29 is 0 Å². The number of hydrogen-bond acceptors (Lipinski definition) is 0. The summed E-state index contributed by atoms with van der Waals surface area (Å²) in [7, 11) is 0. The summed E-state index contributed by atoms with van der Waals surface area (Å²) in [5.41, 5.74) is 11.1. The zero-order valence-corrected chi connectivity index (χ0v) is 22.1. The van der Waals surface area contributed by atoms with E-state index in [4.69, 9.17) is 0 Å². The fourth-order valence-corrected chi connectivity index (χ4v) is 7.42. The van der Waals surface area contributed by atoms with E-state index in [2.05, 4.69) is 133 Å². The van der Waals surface area contributed by atoms with Crippen molar-refractivity contribution in [1.29, 1.82) is 0 Å². The molecule has 0 nitrogen and oxygen atoms in total. The van der Waals surface area contributed by atoms with Gasteiger partial charge in [-0.25, -0.2) is 0 Å². The minimum Gasteiger partial charge on any atom is -0.0795 e. The van der Waals surface area contributed by atoms with E-state index in [9.17, 15) is 0 Å². The summed E-state index contributed by atoms with van der Waals surface area (Å²) in [6.45, 7) is 0. The third-order valence-corrected chi connectivity index (χ3v) is 9.09. The molecule has 0 heteroatoms. The van der Waals surface area contributed by atoms with Gasteiger partial charge in [0, 0.05) is 0 Å². The Hall–Kier alpha value is -4.94. The summed E-state index contributed by atoms with van der Waals surface area (Å²) in [4.78, 5) is 0. The molecule has 0 bridgehead atoms. The Morgan fingerprint density at radius 1 is 0.425 bits per heavy atom. The first kappa shape index (κ1) is 21.9. The van der Waals surface area contributed by atoms with Gasteiger partial charge in [0.15, 0.2) is 0 Å². The number of allylic oxidation sites excluding steroid dienone is 3. The summed E-state index contributed by atoms with van der Waals surface area (Å²) in [5.74, 6) is 0. The molecule has 9 rings (SSSR count). The maximum Gasteiger partial charge on any atom is -0.00201 e. The number of rotatable bonds is 2. The molecule has 0 heterocycles. The number of benzene rings is 7. The van der Waals surface area contributed by atoms with E-state index < -0.39 is 0 Å². The van der Waals surface area contributed by atoms with Gasteiger partial charge < -0.3 is 0 Å². The van der Waals surface area contributed by atoms with Gasteiger partial charge in [-0.1, -0.05) is 133 Å². The van der Waals surface area contributed by atoms with E-state index in [1.807, 2.05) is 0 Å². The van der Waals surface area contributed by atoms with Crippen LogP contribution in [0.15, 0.2) is 127 Å². The molecule has 0 fully saturated rings. The molecule has 0 spiro atoms. The van der Waals surface area contributed by atoms with Gasteiger partial charge in [-0.15, -0.1) is 0 Å². The number of fused-ring (bicyclic) bond motifs is 3. The first-order valence-electron chi connectivity index (χ1n) is 14.2. The Morgan fingerprint density at radius 3 is 1.80 bits per heavy atom. The highest BCUT2D eigenvalue weighted by atomic mass is 14.3. The zero-order valence-electron chi connectivity index (χ0n) is 22.1. The van der Waals surface area contributed by atoms with E-state index in [-0.39, 0.29) is 0 Å². The molecule has 0 unspecified atom stereocenters. The van der Waals surface area contributed by atoms with Crippen LogP contribution in [-0.4, -0.2) is 0 Å². The lowest BCUT2D eigenvalue weighted by molar-refractivity contribution is 1.23. The highest BCUT2D eigenvalue weighted by Crippen LogP contribution is 2.49. The third-order valence-electron chi connectivity index (χ3n) is 9.09. The molecule has 0 amide bonds. The second-order valence-corrected chi connectivity index (χ2v) is 11.1. The van der Waals surface area contributed by atoms with Crippen molar-refractivity contribution in [2.75, 3.05) is 0 Å². The summed E-state index contributed by atoms with van der Waals surface area (Å²) in [6, 6.07) is 42.9. The van der Waals surface area contributed by atoms with Crippen LogP contribution in [0.1, 0.15) is 23.1 Å². The highest BCUT2D eigenvalue weighted by Gasteiger charge is 2.24. The standard InChI is InChI=1S/C40H26/c1-2-13-29-25(9-1)10-8-18-30(29)39-31-14-3-5-16-33(31)40(34-17-6-4-15-32(34)39)36-24-22-28-20-19-26-11-7-12-27-21-23-35(36)38(28)37(26)27/h1-11,13-22,24H,12,23H2. The second kappa shape index (κ2) is 8.28. The van der Waals surface area contributed by atoms with Crippen LogP contribution in [0.2, 0.25) is 0 Å². The van der Waals surface area contributed by atoms with Crippen molar-refractivity contribution in [2.24, 2.45) is 0 Å². The lowest BCUT2D eigenvalue weighted by atomic mass is 9.77. The van der Waals surface area contributed by atoms with Crippen LogP contribution in [0.3, 0.4) is 0 Å². The minimum atomic E-state index is 0.972. The summed E-state index contributed by atoms with van der Waals surface area (Å²) in [5, 5.41) is 10.6.